The van der Waals surface area contributed by atoms with Gasteiger partial charge in [0.05, 0.1) is 6.20 Å². The van der Waals surface area contributed by atoms with Gasteiger partial charge in [-0.25, -0.2) is 9.78 Å². The van der Waals surface area contributed by atoms with Crippen molar-refractivity contribution in [1.82, 2.24) is 15.2 Å². The minimum absolute atomic E-state index is 0.0116. The fourth-order valence-corrected chi connectivity index (χ4v) is 4.51. The molecule has 5 nitrogen and oxygen atoms in total. The third-order valence-electron chi connectivity index (χ3n) is 5.01. The number of carbonyl (C=O) groups is 1. The molecule has 1 aromatic rings. The molecule has 128 valence electrons. The van der Waals surface area contributed by atoms with Crippen molar-refractivity contribution >= 4 is 34.1 Å². The van der Waals surface area contributed by atoms with Crippen LogP contribution in [0.4, 0.5) is 9.93 Å². The predicted molar refractivity (Wildman–Crippen MR) is 95.3 cm³/mol. The van der Waals surface area contributed by atoms with Crippen molar-refractivity contribution in [1.29, 1.82) is 0 Å². The van der Waals surface area contributed by atoms with Crippen molar-refractivity contribution in [2.75, 3.05) is 18.4 Å². The number of halogens is 1. The summed E-state index contributed by atoms with van der Waals surface area (Å²) in [5.74, 6) is 0.780. The molecule has 0 atom stereocenters. The number of anilines is 1. The Labute approximate surface area is 146 Å². The Morgan fingerprint density at radius 1 is 1.26 bits per heavy atom. The third kappa shape index (κ3) is 4.37. The standard InChI is InChI=1S/C16H25ClN4OS/c1-11-2-4-12(5-3-11)21(13-6-8-18-9-7-13)16(22)20-15-19-10-14(17)23-15/h10-13,18H,2-9H2,1H3,(H,19,20,22)/t11-,12-. The van der Waals surface area contributed by atoms with Gasteiger partial charge in [-0.1, -0.05) is 29.9 Å². The van der Waals surface area contributed by atoms with Gasteiger partial charge in [0, 0.05) is 12.1 Å². The highest BCUT2D eigenvalue weighted by atomic mass is 35.5. The van der Waals surface area contributed by atoms with Crippen LogP contribution in [-0.2, 0) is 0 Å². The molecular weight excluding hydrogens is 332 g/mol. The summed E-state index contributed by atoms with van der Waals surface area (Å²) >= 11 is 7.23. The van der Waals surface area contributed by atoms with Crippen molar-refractivity contribution in [3.8, 4) is 0 Å². The molecule has 1 saturated carbocycles. The number of piperidine rings is 1. The Morgan fingerprint density at radius 2 is 1.91 bits per heavy atom. The quantitative estimate of drug-likeness (QED) is 0.861. The summed E-state index contributed by atoms with van der Waals surface area (Å²) in [4.78, 5) is 19.2. The highest BCUT2D eigenvalue weighted by Crippen LogP contribution is 2.31. The largest absolute Gasteiger partial charge is 0.324 e. The van der Waals surface area contributed by atoms with E-state index < -0.39 is 0 Å². The Kier molecular flexibility index (Phi) is 5.77. The van der Waals surface area contributed by atoms with Crippen LogP contribution in [-0.4, -0.2) is 41.1 Å². The van der Waals surface area contributed by atoms with Crippen LogP contribution in [0.15, 0.2) is 6.20 Å². The summed E-state index contributed by atoms with van der Waals surface area (Å²) in [6, 6.07) is 0.664. The molecule has 0 aromatic carbocycles. The molecule has 2 N–H and O–H groups in total. The average molecular weight is 357 g/mol. The predicted octanol–water partition coefficient (Wildman–Crippen LogP) is 3.96. The van der Waals surface area contributed by atoms with Gasteiger partial charge in [-0.3, -0.25) is 5.32 Å². The van der Waals surface area contributed by atoms with Crippen molar-refractivity contribution in [3.05, 3.63) is 10.5 Å². The number of carbonyl (C=O) groups excluding carboxylic acids is 1. The third-order valence-corrected chi connectivity index (χ3v) is 6.04. The lowest BCUT2D eigenvalue weighted by atomic mass is 9.85. The van der Waals surface area contributed by atoms with Gasteiger partial charge in [-0.2, -0.15) is 0 Å². The van der Waals surface area contributed by atoms with E-state index in [0.29, 0.717) is 21.6 Å². The van der Waals surface area contributed by atoms with Crippen molar-refractivity contribution in [3.63, 3.8) is 0 Å². The van der Waals surface area contributed by atoms with Crippen LogP contribution in [0.2, 0.25) is 4.34 Å². The molecule has 0 radical (unpaired) electrons. The first-order valence-electron chi connectivity index (χ1n) is 8.55. The van der Waals surface area contributed by atoms with Gasteiger partial charge < -0.3 is 10.2 Å². The summed E-state index contributed by atoms with van der Waals surface area (Å²) in [5.41, 5.74) is 0. The summed E-state index contributed by atoms with van der Waals surface area (Å²) in [6.07, 6.45) is 8.27. The van der Waals surface area contributed by atoms with Crippen molar-refractivity contribution < 1.29 is 4.79 Å². The molecule has 0 bridgehead atoms. The second kappa shape index (κ2) is 7.81. The molecule has 2 aliphatic rings. The number of hydrogen-bond donors (Lipinski definition) is 2. The van der Waals surface area contributed by atoms with Gasteiger partial charge in [0.15, 0.2) is 5.13 Å². The minimum atomic E-state index is -0.0116. The van der Waals surface area contributed by atoms with Crippen LogP contribution >= 0.6 is 22.9 Å². The maximum atomic E-state index is 12.9. The Morgan fingerprint density at radius 3 is 2.52 bits per heavy atom. The normalized spacial score (nSPS) is 26.0. The summed E-state index contributed by atoms with van der Waals surface area (Å²) in [6.45, 7) is 4.28. The minimum Gasteiger partial charge on any atom is -0.318 e. The van der Waals surface area contributed by atoms with Crippen molar-refractivity contribution in [2.24, 2.45) is 5.92 Å². The first kappa shape index (κ1) is 17.0. The molecule has 1 aliphatic carbocycles. The van der Waals surface area contributed by atoms with Gasteiger partial charge in [0.25, 0.3) is 0 Å². The summed E-state index contributed by atoms with van der Waals surface area (Å²) in [5, 5.41) is 6.93. The van der Waals surface area contributed by atoms with Gasteiger partial charge in [-0.15, -0.1) is 0 Å². The smallest absolute Gasteiger partial charge is 0.318 e. The molecule has 3 rings (SSSR count). The zero-order valence-corrected chi connectivity index (χ0v) is 15.1. The molecule has 23 heavy (non-hydrogen) atoms. The molecule has 2 amide bonds. The summed E-state index contributed by atoms with van der Waals surface area (Å²) in [7, 11) is 0. The molecule has 1 saturated heterocycles. The highest BCUT2D eigenvalue weighted by molar-refractivity contribution is 7.19. The van der Waals surface area contributed by atoms with Gasteiger partial charge in [-0.05, 0) is 57.5 Å². The lowest BCUT2D eigenvalue weighted by molar-refractivity contribution is 0.108. The van der Waals surface area contributed by atoms with E-state index in [4.69, 9.17) is 11.6 Å². The first-order chi connectivity index (χ1) is 11.1. The topological polar surface area (TPSA) is 57.3 Å². The number of nitrogens with zero attached hydrogens (tertiary/aromatic N) is 2. The van der Waals surface area contributed by atoms with E-state index in [1.54, 1.807) is 6.20 Å². The van der Waals surface area contributed by atoms with Gasteiger partial charge in [0.1, 0.15) is 4.34 Å². The van der Waals surface area contributed by atoms with E-state index >= 15 is 0 Å². The van der Waals surface area contributed by atoms with E-state index in [-0.39, 0.29) is 6.03 Å². The van der Waals surface area contributed by atoms with Crippen LogP contribution in [0, 0.1) is 5.92 Å². The summed E-state index contributed by atoms with van der Waals surface area (Å²) < 4.78 is 0.597. The average Bonchev–Trinajstić information content (AvgIpc) is 2.95. The molecule has 1 aliphatic heterocycles. The Bertz CT molecular complexity index is 524. The van der Waals surface area contributed by atoms with Crippen molar-refractivity contribution in [2.45, 2.75) is 57.5 Å². The number of hydrogen-bond acceptors (Lipinski definition) is 4. The number of urea groups is 1. The number of thiazole rings is 1. The first-order valence-corrected chi connectivity index (χ1v) is 9.74. The molecule has 7 heteroatoms. The monoisotopic (exact) mass is 356 g/mol. The van der Waals surface area contributed by atoms with Crippen LogP contribution in [0.5, 0.6) is 0 Å². The molecule has 2 heterocycles. The van der Waals surface area contributed by atoms with Gasteiger partial charge in [0.2, 0.25) is 0 Å². The van der Waals surface area contributed by atoms with Crippen LogP contribution in [0.1, 0.15) is 45.4 Å². The van der Waals surface area contributed by atoms with E-state index in [1.165, 1.54) is 24.2 Å². The van der Waals surface area contributed by atoms with Crippen LogP contribution in [0.25, 0.3) is 0 Å². The lowest BCUT2D eigenvalue weighted by Gasteiger charge is -2.42. The van der Waals surface area contributed by atoms with E-state index in [9.17, 15) is 4.79 Å². The van der Waals surface area contributed by atoms with Gasteiger partial charge >= 0.3 is 6.03 Å². The molecule has 1 aromatic heterocycles. The second-order valence-corrected chi connectivity index (χ2v) is 8.36. The Balaban J connectivity index is 1.71. The van der Waals surface area contributed by atoms with Crippen LogP contribution in [0.3, 0.4) is 0 Å². The maximum absolute atomic E-state index is 12.9. The molecule has 0 unspecified atom stereocenters. The van der Waals surface area contributed by atoms with E-state index in [1.807, 2.05) is 0 Å². The van der Waals surface area contributed by atoms with Crippen LogP contribution < -0.4 is 10.6 Å². The maximum Gasteiger partial charge on any atom is 0.324 e. The second-order valence-electron chi connectivity index (χ2n) is 6.70. The zero-order valence-electron chi connectivity index (χ0n) is 13.6. The number of amides is 2. The number of rotatable bonds is 3. The van der Waals surface area contributed by atoms with E-state index in [0.717, 1.165) is 44.7 Å². The fraction of sp³-hybridized carbons (Fsp3) is 0.750. The SMILES string of the molecule is C[C@H]1CC[C@H](N(C(=O)Nc2ncc(Cl)s2)C2CCNCC2)CC1. The number of aromatic nitrogens is 1. The highest BCUT2D eigenvalue weighted by Gasteiger charge is 2.33. The lowest BCUT2D eigenvalue weighted by Crippen LogP contribution is -2.53. The molecular formula is C16H25ClN4OS. The zero-order chi connectivity index (χ0) is 16.2. The fourth-order valence-electron chi connectivity index (χ4n) is 3.70. The Hall–Kier alpha value is -0.850. The van der Waals surface area contributed by atoms with E-state index in [2.05, 4.69) is 27.4 Å². The molecule has 2 fully saturated rings. The number of nitrogens with one attached hydrogen (secondary N) is 2. The molecule has 0 spiro atoms.